The average Bonchev–Trinajstić information content (AvgIpc) is 2.75. The molecule has 1 atom stereocenters. The summed E-state index contributed by atoms with van der Waals surface area (Å²) in [5.74, 6) is 1.74. The summed E-state index contributed by atoms with van der Waals surface area (Å²) >= 11 is 0. The zero-order valence-corrected chi connectivity index (χ0v) is 12.0. The molecule has 1 heterocycles. The van der Waals surface area contributed by atoms with E-state index in [-0.39, 0.29) is 5.54 Å². The van der Waals surface area contributed by atoms with Gasteiger partial charge in [-0.3, -0.25) is 0 Å². The molecule has 0 amide bonds. The lowest BCUT2D eigenvalue weighted by molar-refractivity contribution is 0.331. The lowest BCUT2D eigenvalue weighted by Gasteiger charge is -2.30. The molecule has 3 nitrogen and oxygen atoms in total. The highest BCUT2D eigenvalue weighted by atomic mass is 16.5. The van der Waals surface area contributed by atoms with Gasteiger partial charge in [0.05, 0.1) is 14.2 Å². The fraction of sp³-hybridized carbons (Fsp3) is 0.600. The molecule has 1 aliphatic rings. The normalized spacial score (nSPS) is 23.2. The quantitative estimate of drug-likeness (QED) is 0.893. The van der Waals surface area contributed by atoms with Gasteiger partial charge >= 0.3 is 0 Å². The first-order chi connectivity index (χ1) is 8.53. The number of aryl methyl sites for hydroxylation is 2. The highest BCUT2D eigenvalue weighted by Crippen LogP contribution is 2.44. The summed E-state index contributed by atoms with van der Waals surface area (Å²) in [6, 6.07) is 2.18. The van der Waals surface area contributed by atoms with Crippen LogP contribution in [0.2, 0.25) is 0 Å². The predicted octanol–water partition coefficient (Wildman–Crippen LogP) is 2.92. The molecule has 1 N–H and O–H groups in total. The van der Waals surface area contributed by atoms with Crippen molar-refractivity contribution in [1.29, 1.82) is 0 Å². The zero-order valence-electron chi connectivity index (χ0n) is 12.0. The van der Waals surface area contributed by atoms with E-state index in [1.807, 2.05) is 0 Å². The standard InChI is InChI=1S/C15H23NO2/c1-10-9-11(2)13(17-4)14(18-5)12(10)15(3)7-6-8-16-15/h9,16H,6-8H2,1-5H3. The zero-order chi connectivity index (χ0) is 13.3. The second-order valence-electron chi connectivity index (χ2n) is 5.31. The van der Waals surface area contributed by atoms with E-state index in [0.29, 0.717) is 0 Å². The van der Waals surface area contributed by atoms with Crippen LogP contribution in [0, 0.1) is 13.8 Å². The molecule has 1 aromatic rings. The van der Waals surface area contributed by atoms with Gasteiger partial charge in [0.2, 0.25) is 0 Å². The van der Waals surface area contributed by atoms with Crippen molar-refractivity contribution in [3.05, 3.63) is 22.8 Å². The molecule has 0 bridgehead atoms. The molecule has 0 radical (unpaired) electrons. The average molecular weight is 249 g/mol. The van der Waals surface area contributed by atoms with Gasteiger partial charge in [-0.25, -0.2) is 0 Å². The molecule has 1 fully saturated rings. The first-order valence-electron chi connectivity index (χ1n) is 6.51. The second-order valence-corrected chi connectivity index (χ2v) is 5.31. The predicted molar refractivity (Wildman–Crippen MR) is 73.6 cm³/mol. The molecule has 1 unspecified atom stereocenters. The molecule has 100 valence electrons. The molecule has 0 spiro atoms. The first-order valence-corrected chi connectivity index (χ1v) is 6.51. The minimum atomic E-state index is -0.00356. The fourth-order valence-corrected chi connectivity index (χ4v) is 3.18. The topological polar surface area (TPSA) is 30.5 Å². The maximum absolute atomic E-state index is 5.64. The number of nitrogens with one attached hydrogen (secondary N) is 1. The van der Waals surface area contributed by atoms with Crippen molar-refractivity contribution in [2.45, 2.75) is 39.2 Å². The Balaban J connectivity index is 2.65. The largest absolute Gasteiger partial charge is 0.493 e. The van der Waals surface area contributed by atoms with Crippen LogP contribution in [0.1, 0.15) is 36.5 Å². The Morgan fingerprint density at radius 2 is 1.78 bits per heavy atom. The van der Waals surface area contributed by atoms with Crippen LogP contribution in [0.5, 0.6) is 11.5 Å². The Bertz CT molecular complexity index is 448. The van der Waals surface area contributed by atoms with Gasteiger partial charge in [0.1, 0.15) is 0 Å². The van der Waals surface area contributed by atoms with Crippen molar-refractivity contribution < 1.29 is 9.47 Å². The number of benzene rings is 1. The monoisotopic (exact) mass is 249 g/mol. The van der Waals surface area contributed by atoms with Gasteiger partial charge in [0.15, 0.2) is 11.5 Å². The van der Waals surface area contributed by atoms with Crippen LogP contribution in [0.4, 0.5) is 0 Å². The SMILES string of the molecule is COc1c(C)cc(C)c(C2(C)CCCN2)c1OC. The molecule has 2 rings (SSSR count). The third-order valence-electron chi connectivity index (χ3n) is 3.95. The number of hydrogen-bond donors (Lipinski definition) is 1. The molecular weight excluding hydrogens is 226 g/mol. The highest BCUT2D eigenvalue weighted by molar-refractivity contribution is 5.57. The summed E-state index contributed by atoms with van der Waals surface area (Å²) in [5, 5.41) is 3.60. The summed E-state index contributed by atoms with van der Waals surface area (Å²) in [5.41, 5.74) is 3.63. The molecule has 1 saturated heterocycles. The Hall–Kier alpha value is -1.22. The Morgan fingerprint density at radius 3 is 2.28 bits per heavy atom. The van der Waals surface area contributed by atoms with Crippen LogP contribution < -0.4 is 14.8 Å². The molecule has 18 heavy (non-hydrogen) atoms. The van der Waals surface area contributed by atoms with Crippen molar-refractivity contribution in [1.82, 2.24) is 5.32 Å². The maximum atomic E-state index is 5.64. The number of methoxy groups -OCH3 is 2. The summed E-state index contributed by atoms with van der Waals surface area (Å²) in [7, 11) is 3.42. The van der Waals surface area contributed by atoms with Gasteiger partial charge in [0, 0.05) is 11.1 Å². The lowest BCUT2D eigenvalue weighted by Crippen LogP contribution is -2.34. The van der Waals surface area contributed by atoms with Crippen LogP contribution in [0.15, 0.2) is 6.07 Å². The van der Waals surface area contributed by atoms with Gasteiger partial charge in [-0.2, -0.15) is 0 Å². The summed E-state index contributed by atoms with van der Waals surface area (Å²) in [6.45, 7) is 7.52. The minimum Gasteiger partial charge on any atom is -0.493 e. The van der Waals surface area contributed by atoms with E-state index < -0.39 is 0 Å². The van der Waals surface area contributed by atoms with E-state index in [4.69, 9.17) is 9.47 Å². The smallest absolute Gasteiger partial charge is 0.166 e. The summed E-state index contributed by atoms with van der Waals surface area (Å²) in [4.78, 5) is 0. The molecule has 0 aliphatic carbocycles. The maximum Gasteiger partial charge on any atom is 0.166 e. The highest BCUT2D eigenvalue weighted by Gasteiger charge is 2.35. The second kappa shape index (κ2) is 4.81. The number of rotatable bonds is 3. The molecule has 0 saturated carbocycles. The van der Waals surface area contributed by atoms with Crippen molar-refractivity contribution in [2.75, 3.05) is 20.8 Å². The van der Waals surface area contributed by atoms with E-state index in [2.05, 4.69) is 32.2 Å². The minimum absolute atomic E-state index is 0.00356. The fourth-order valence-electron chi connectivity index (χ4n) is 3.18. The Morgan fingerprint density at radius 1 is 1.11 bits per heavy atom. The van der Waals surface area contributed by atoms with Crippen LogP contribution >= 0.6 is 0 Å². The first kappa shape index (κ1) is 13.2. The lowest BCUT2D eigenvalue weighted by atomic mass is 9.85. The summed E-state index contributed by atoms with van der Waals surface area (Å²) < 4.78 is 11.2. The number of hydrogen-bond acceptors (Lipinski definition) is 3. The van der Waals surface area contributed by atoms with E-state index in [1.165, 1.54) is 17.5 Å². The van der Waals surface area contributed by atoms with Gasteiger partial charge < -0.3 is 14.8 Å². The van der Waals surface area contributed by atoms with Gasteiger partial charge in [0.25, 0.3) is 0 Å². The van der Waals surface area contributed by atoms with Crippen molar-refractivity contribution in [3.8, 4) is 11.5 Å². The van der Waals surface area contributed by atoms with Gasteiger partial charge in [-0.15, -0.1) is 0 Å². The van der Waals surface area contributed by atoms with Gasteiger partial charge in [-0.1, -0.05) is 6.07 Å². The third-order valence-corrected chi connectivity index (χ3v) is 3.95. The molecule has 3 heteroatoms. The van der Waals surface area contributed by atoms with Gasteiger partial charge in [-0.05, 0) is 51.3 Å². The van der Waals surface area contributed by atoms with Crippen LogP contribution in [0.3, 0.4) is 0 Å². The molecule has 0 aromatic heterocycles. The summed E-state index contributed by atoms with van der Waals surface area (Å²) in [6.07, 6.45) is 2.34. The van der Waals surface area contributed by atoms with Crippen molar-refractivity contribution >= 4 is 0 Å². The van der Waals surface area contributed by atoms with E-state index in [1.54, 1.807) is 14.2 Å². The van der Waals surface area contributed by atoms with E-state index in [9.17, 15) is 0 Å². The molecular formula is C15H23NO2. The van der Waals surface area contributed by atoms with E-state index >= 15 is 0 Å². The Kier molecular flexibility index (Phi) is 3.53. The van der Waals surface area contributed by atoms with E-state index in [0.717, 1.165) is 30.0 Å². The number of ether oxygens (including phenoxy) is 2. The third kappa shape index (κ3) is 1.97. The van der Waals surface area contributed by atoms with Crippen LogP contribution in [-0.2, 0) is 5.54 Å². The van der Waals surface area contributed by atoms with Crippen LogP contribution in [-0.4, -0.2) is 20.8 Å². The van der Waals surface area contributed by atoms with Crippen molar-refractivity contribution in [3.63, 3.8) is 0 Å². The van der Waals surface area contributed by atoms with Crippen LogP contribution in [0.25, 0.3) is 0 Å². The molecule has 1 aromatic carbocycles. The van der Waals surface area contributed by atoms with Crippen molar-refractivity contribution in [2.24, 2.45) is 0 Å². The molecule has 1 aliphatic heterocycles. The Labute approximate surface area is 109 Å².